The second-order valence-electron chi connectivity index (χ2n) is 10.4. The Kier molecular flexibility index (Phi) is 7.15. The minimum absolute atomic E-state index is 0.150. The molecule has 1 aromatic heterocycles. The van der Waals surface area contributed by atoms with E-state index in [0.29, 0.717) is 42.1 Å². The summed E-state index contributed by atoms with van der Waals surface area (Å²) in [6, 6.07) is 5.73. The minimum atomic E-state index is -4.78. The number of piperidine rings is 2. The zero-order chi connectivity index (χ0) is 26.2. The van der Waals surface area contributed by atoms with E-state index in [1.54, 1.807) is 35.1 Å². The third-order valence-corrected chi connectivity index (χ3v) is 7.66. The summed E-state index contributed by atoms with van der Waals surface area (Å²) in [5, 5.41) is 0. The van der Waals surface area contributed by atoms with Gasteiger partial charge in [0.05, 0.1) is 12.9 Å². The number of likely N-dealkylation sites (tertiary alicyclic amines) is 2. The summed E-state index contributed by atoms with van der Waals surface area (Å²) >= 11 is 0. The lowest BCUT2D eigenvalue weighted by atomic mass is 10.1. The van der Waals surface area contributed by atoms with E-state index in [1.165, 1.54) is 24.6 Å². The van der Waals surface area contributed by atoms with Crippen LogP contribution in [0, 0.1) is 17.8 Å². The summed E-state index contributed by atoms with van der Waals surface area (Å²) in [7, 11) is 1.77. The maximum Gasteiger partial charge on any atom is 0.573 e. The molecule has 0 bridgehead atoms. The second kappa shape index (κ2) is 10.4. The molecule has 2 saturated heterocycles. The highest BCUT2D eigenvalue weighted by Gasteiger charge is 2.56. The number of ether oxygens (including phenoxy) is 1. The number of hydrogen-bond donors (Lipinski definition) is 0. The van der Waals surface area contributed by atoms with Gasteiger partial charge in [-0.3, -0.25) is 14.5 Å². The Balaban J connectivity index is 1.22. The average Bonchev–Trinajstić information content (AvgIpc) is 3.16. The van der Waals surface area contributed by atoms with Gasteiger partial charge in [-0.05, 0) is 54.7 Å². The number of fused-ring (bicyclic) bond motifs is 1. The summed E-state index contributed by atoms with van der Waals surface area (Å²) < 4.78 is 43.8. The largest absolute Gasteiger partial charge is 0.573 e. The Morgan fingerprint density at radius 1 is 1.14 bits per heavy atom. The smallest absolute Gasteiger partial charge is 0.406 e. The van der Waals surface area contributed by atoms with Crippen molar-refractivity contribution in [3.8, 4) is 5.75 Å². The number of benzene rings is 1. The number of rotatable bonds is 8. The van der Waals surface area contributed by atoms with Crippen LogP contribution in [0.1, 0.15) is 35.3 Å². The standard InChI is InChI=1S/C26H32F3N5O3/c1-31-15-23(30-17-31)25(36)34(11-18-6-5-7-19(10-18)37-26(27,28)29)14-22-20-12-32(13-21(20)22)16-24(35)33-8-3-2-4-9-33/h5-7,10,15,17,20-22H,2-4,8-9,11-14,16H2,1H3. The maximum absolute atomic E-state index is 13.3. The Morgan fingerprint density at radius 3 is 2.51 bits per heavy atom. The van der Waals surface area contributed by atoms with Gasteiger partial charge in [0, 0.05) is 52.5 Å². The van der Waals surface area contributed by atoms with Crippen LogP contribution in [0.5, 0.6) is 5.75 Å². The molecule has 3 fully saturated rings. The van der Waals surface area contributed by atoms with Crippen LogP contribution in [-0.2, 0) is 18.4 Å². The Labute approximate surface area is 214 Å². The van der Waals surface area contributed by atoms with E-state index in [-0.39, 0.29) is 24.1 Å². The first kappa shape index (κ1) is 25.6. The van der Waals surface area contributed by atoms with Crippen molar-refractivity contribution in [1.82, 2.24) is 24.3 Å². The first-order valence-corrected chi connectivity index (χ1v) is 12.8. The minimum Gasteiger partial charge on any atom is -0.406 e. The van der Waals surface area contributed by atoms with Crippen molar-refractivity contribution in [2.75, 3.05) is 39.3 Å². The SMILES string of the molecule is Cn1cnc(C(=O)N(Cc2cccc(OC(F)(F)F)c2)CC2C3CN(CC(=O)N4CCCCC4)CC32)c1. The number of halogens is 3. The summed E-state index contributed by atoms with van der Waals surface area (Å²) in [5.41, 5.74) is 0.843. The molecule has 1 aliphatic carbocycles. The van der Waals surface area contributed by atoms with Gasteiger partial charge in [0.25, 0.3) is 5.91 Å². The number of alkyl halides is 3. The molecule has 1 aromatic carbocycles. The molecule has 2 aromatic rings. The molecule has 37 heavy (non-hydrogen) atoms. The highest BCUT2D eigenvalue weighted by molar-refractivity contribution is 5.92. The van der Waals surface area contributed by atoms with Crippen molar-refractivity contribution in [1.29, 1.82) is 0 Å². The quantitative estimate of drug-likeness (QED) is 0.536. The van der Waals surface area contributed by atoms with Crippen LogP contribution in [0.2, 0.25) is 0 Å². The molecule has 0 radical (unpaired) electrons. The van der Waals surface area contributed by atoms with Crippen LogP contribution in [0.4, 0.5) is 13.2 Å². The monoisotopic (exact) mass is 519 g/mol. The molecule has 3 heterocycles. The van der Waals surface area contributed by atoms with Crippen molar-refractivity contribution in [2.24, 2.45) is 24.8 Å². The van der Waals surface area contributed by atoms with Crippen molar-refractivity contribution in [3.05, 3.63) is 48.0 Å². The topological polar surface area (TPSA) is 70.9 Å². The highest BCUT2D eigenvalue weighted by Crippen LogP contribution is 2.52. The van der Waals surface area contributed by atoms with Crippen molar-refractivity contribution in [3.63, 3.8) is 0 Å². The molecule has 0 spiro atoms. The number of imidazole rings is 1. The van der Waals surface area contributed by atoms with Gasteiger partial charge in [-0.15, -0.1) is 13.2 Å². The number of carbonyl (C=O) groups excluding carboxylic acids is 2. The van der Waals surface area contributed by atoms with E-state index in [0.717, 1.165) is 39.0 Å². The molecule has 5 rings (SSSR count). The predicted molar refractivity (Wildman–Crippen MR) is 128 cm³/mol. The van der Waals surface area contributed by atoms with Crippen LogP contribution < -0.4 is 4.74 Å². The Morgan fingerprint density at radius 2 is 1.86 bits per heavy atom. The van der Waals surface area contributed by atoms with Crippen molar-refractivity contribution < 1.29 is 27.5 Å². The number of aromatic nitrogens is 2. The summed E-state index contributed by atoms with van der Waals surface area (Å²) in [5.74, 6) is 0.743. The van der Waals surface area contributed by atoms with Gasteiger partial charge in [-0.25, -0.2) is 4.98 Å². The summed E-state index contributed by atoms with van der Waals surface area (Å²) in [4.78, 5) is 36.0. The molecule has 2 amide bonds. The van der Waals surface area contributed by atoms with E-state index in [1.807, 2.05) is 4.90 Å². The number of aryl methyl sites for hydroxylation is 1. The third-order valence-electron chi connectivity index (χ3n) is 7.66. The van der Waals surface area contributed by atoms with E-state index in [9.17, 15) is 22.8 Å². The molecular formula is C26H32F3N5O3. The van der Waals surface area contributed by atoms with Crippen molar-refractivity contribution in [2.45, 2.75) is 32.2 Å². The zero-order valence-electron chi connectivity index (χ0n) is 20.9. The second-order valence-corrected chi connectivity index (χ2v) is 10.4. The fourth-order valence-electron chi connectivity index (χ4n) is 5.79. The summed E-state index contributed by atoms with van der Waals surface area (Å²) in [6.45, 7) is 4.44. The van der Waals surface area contributed by atoms with E-state index < -0.39 is 6.36 Å². The van der Waals surface area contributed by atoms with Crippen LogP contribution in [0.25, 0.3) is 0 Å². The first-order valence-electron chi connectivity index (χ1n) is 12.8. The van der Waals surface area contributed by atoms with Gasteiger partial charge in [-0.2, -0.15) is 0 Å². The average molecular weight is 520 g/mol. The van der Waals surface area contributed by atoms with E-state index >= 15 is 0 Å². The fourth-order valence-corrected chi connectivity index (χ4v) is 5.79. The number of amides is 2. The third kappa shape index (κ3) is 6.26. The molecule has 3 aliphatic rings. The van der Waals surface area contributed by atoms with Crippen LogP contribution in [0.15, 0.2) is 36.8 Å². The molecule has 2 unspecified atom stereocenters. The summed E-state index contributed by atoms with van der Waals surface area (Å²) in [6.07, 6.45) is 1.74. The van der Waals surface area contributed by atoms with Gasteiger partial charge in [-0.1, -0.05) is 12.1 Å². The fraction of sp³-hybridized carbons (Fsp3) is 0.577. The van der Waals surface area contributed by atoms with Crippen LogP contribution >= 0.6 is 0 Å². The van der Waals surface area contributed by atoms with Gasteiger partial charge in [0.15, 0.2) is 0 Å². The molecule has 8 nitrogen and oxygen atoms in total. The molecule has 200 valence electrons. The molecule has 0 N–H and O–H groups in total. The van der Waals surface area contributed by atoms with E-state index in [4.69, 9.17) is 0 Å². The van der Waals surface area contributed by atoms with Gasteiger partial charge in [0.2, 0.25) is 5.91 Å². The molecule has 2 aliphatic heterocycles. The van der Waals surface area contributed by atoms with Crippen LogP contribution in [0.3, 0.4) is 0 Å². The van der Waals surface area contributed by atoms with Crippen molar-refractivity contribution >= 4 is 11.8 Å². The lowest BCUT2D eigenvalue weighted by Gasteiger charge is -2.29. The first-order chi connectivity index (χ1) is 17.7. The van der Waals surface area contributed by atoms with Gasteiger partial charge >= 0.3 is 6.36 Å². The molecule has 2 atom stereocenters. The molecular weight excluding hydrogens is 487 g/mol. The van der Waals surface area contributed by atoms with E-state index in [2.05, 4.69) is 14.6 Å². The number of carbonyl (C=O) groups is 2. The maximum atomic E-state index is 13.3. The Hall–Kier alpha value is -3.08. The normalized spacial score (nSPS) is 23.6. The van der Waals surface area contributed by atoms with Gasteiger partial charge in [0.1, 0.15) is 11.4 Å². The Bertz CT molecular complexity index is 1120. The van der Waals surface area contributed by atoms with Gasteiger partial charge < -0.3 is 19.1 Å². The lowest BCUT2D eigenvalue weighted by molar-refractivity contribution is -0.274. The highest BCUT2D eigenvalue weighted by atomic mass is 19.4. The number of nitrogens with zero attached hydrogens (tertiary/aromatic N) is 5. The lowest BCUT2D eigenvalue weighted by Crippen LogP contribution is -2.43. The van der Waals surface area contributed by atoms with Crippen LogP contribution in [-0.4, -0.2) is 81.7 Å². The number of hydrogen-bond acceptors (Lipinski definition) is 5. The molecule has 11 heteroatoms. The zero-order valence-corrected chi connectivity index (χ0v) is 20.9. The predicted octanol–water partition coefficient (Wildman–Crippen LogP) is 3.15. The molecule has 1 saturated carbocycles.